The Bertz CT molecular complexity index is 975. The minimum atomic E-state index is -1.56. The minimum Gasteiger partial charge on any atom is -0.490 e. The van der Waals surface area contributed by atoms with Crippen molar-refractivity contribution in [2.45, 2.75) is 25.4 Å². The molecule has 2 aliphatic rings. The van der Waals surface area contributed by atoms with Gasteiger partial charge in [-0.15, -0.1) is 0 Å². The second kappa shape index (κ2) is 6.63. The number of carbonyl (C=O) groups is 1. The molecule has 0 saturated carbocycles. The van der Waals surface area contributed by atoms with Crippen LogP contribution in [0.2, 0.25) is 0 Å². The monoisotopic (exact) mass is 381 g/mol. The molecule has 2 aromatic carbocycles. The molecular weight excluding hydrogens is 362 g/mol. The Hall–Kier alpha value is -3.42. The van der Waals surface area contributed by atoms with E-state index < -0.39 is 28.9 Å². The van der Waals surface area contributed by atoms with Crippen LogP contribution < -0.4 is 14.5 Å². The third kappa shape index (κ3) is 2.52. The van der Waals surface area contributed by atoms with Crippen LogP contribution in [0.3, 0.4) is 0 Å². The zero-order chi connectivity index (χ0) is 19.9. The van der Waals surface area contributed by atoms with Crippen LogP contribution in [0.15, 0.2) is 53.6 Å². The molecule has 8 nitrogen and oxygen atoms in total. The van der Waals surface area contributed by atoms with Crippen molar-refractivity contribution >= 4 is 17.3 Å². The van der Waals surface area contributed by atoms with E-state index in [0.29, 0.717) is 35.1 Å². The highest BCUT2D eigenvalue weighted by Crippen LogP contribution is 2.52. The van der Waals surface area contributed by atoms with E-state index in [1.807, 2.05) is 13.0 Å². The number of ether oxygens (including phenoxy) is 2. The van der Waals surface area contributed by atoms with Crippen molar-refractivity contribution in [2.75, 3.05) is 18.2 Å². The van der Waals surface area contributed by atoms with E-state index in [2.05, 4.69) is 5.10 Å². The Morgan fingerprint density at radius 1 is 1.25 bits per heavy atom. The molecule has 2 atom stereocenters. The molecule has 0 N–H and O–H groups in total. The predicted octanol–water partition coefficient (Wildman–Crippen LogP) is 3.00. The molecule has 0 saturated heterocycles. The topological polar surface area (TPSA) is 94.3 Å². The fourth-order valence-corrected chi connectivity index (χ4v) is 3.86. The molecule has 0 bridgehead atoms. The molecule has 144 valence electrons. The minimum absolute atomic E-state index is 0.369. The highest BCUT2D eigenvalue weighted by molar-refractivity contribution is 6.23. The van der Waals surface area contributed by atoms with E-state index in [4.69, 9.17) is 9.47 Å². The van der Waals surface area contributed by atoms with E-state index in [-0.39, 0.29) is 0 Å². The van der Waals surface area contributed by atoms with E-state index in [0.717, 1.165) is 0 Å². The maximum atomic E-state index is 13.5. The van der Waals surface area contributed by atoms with Gasteiger partial charge in [-0.3, -0.25) is 14.9 Å². The van der Waals surface area contributed by atoms with Crippen LogP contribution >= 0.6 is 0 Å². The smallest absolute Gasteiger partial charge is 0.298 e. The van der Waals surface area contributed by atoms with E-state index in [9.17, 15) is 14.9 Å². The summed E-state index contributed by atoms with van der Waals surface area (Å²) in [5.74, 6) is -0.414. The molecular formula is C20H19N3O5. The zero-order valence-corrected chi connectivity index (χ0v) is 15.5. The number of hydrogen-bond acceptors (Lipinski definition) is 6. The average Bonchev–Trinajstić information content (AvgIpc) is 3.14. The van der Waals surface area contributed by atoms with Crippen LogP contribution in [-0.2, 0) is 4.79 Å². The summed E-state index contributed by atoms with van der Waals surface area (Å²) < 4.78 is 11.8. The number of rotatable bonds is 5. The summed E-state index contributed by atoms with van der Waals surface area (Å²) in [6.07, 6.45) is 0. The lowest BCUT2D eigenvalue weighted by atomic mass is 9.80. The molecule has 28 heavy (non-hydrogen) atoms. The standard InChI is InChI=1S/C20H19N3O5/c1-3-27-17-11-7-10-15-16(12-22(25)26)20(28-18(15)17)13(2)21-23(19(20)24)14-8-5-4-6-9-14/h4-11,16H,3,12H2,1-2H3/t16-,20+/m1/s1. The Kier molecular flexibility index (Phi) is 4.26. The van der Waals surface area contributed by atoms with E-state index in [1.165, 1.54) is 5.01 Å². The highest BCUT2D eigenvalue weighted by Gasteiger charge is 2.64. The van der Waals surface area contributed by atoms with Gasteiger partial charge in [0.2, 0.25) is 12.1 Å². The van der Waals surface area contributed by atoms with Crippen molar-refractivity contribution in [3.05, 3.63) is 64.2 Å². The summed E-state index contributed by atoms with van der Waals surface area (Å²) >= 11 is 0. The van der Waals surface area contributed by atoms with Crippen molar-refractivity contribution in [1.29, 1.82) is 0 Å². The zero-order valence-electron chi connectivity index (χ0n) is 15.5. The van der Waals surface area contributed by atoms with Gasteiger partial charge in [-0.1, -0.05) is 30.3 Å². The summed E-state index contributed by atoms with van der Waals surface area (Å²) in [6.45, 7) is 3.46. The SMILES string of the molecule is CCOc1cccc2c1O[C@]1(C(=O)N(c3ccccc3)N=C1C)[C@@H]2C[N+](=O)[O-]. The van der Waals surface area contributed by atoms with Crippen LogP contribution in [0.1, 0.15) is 25.3 Å². The second-order valence-electron chi connectivity index (χ2n) is 6.65. The van der Waals surface area contributed by atoms with Gasteiger partial charge >= 0.3 is 0 Å². The van der Waals surface area contributed by atoms with Crippen LogP contribution in [0.4, 0.5) is 5.69 Å². The highest BCUT2D eigenvalue weighted by atomic mass is 16.6. The summed E-state index contributed by atoms with van der Waals surface area (Å²) in [5.41, 5.74) is -0.0150. The molecule has 2 aromatic rings. The second-order valence-corrected chi connectivity index (χ2v) is 6.65. The number of anilines is 1. The van der Waals surface area contributed by atoms with Gasteiger partial charge in [0.25, 0.3) is 5.91 Å². The van der Waals surface area contributed by atoms with Crippen LogP contribution in [0.5, 0.6) is 11.5 Å². The largest absolute Gasteiger partial charge is 0.490 e. The van der Waals surface area contributed by atoms with Gasteiger partial charge in [0.15, 0.2) is 11.5 Å². The number of carbonyl (C=O) groups excluding carboxylic acids is 1. The van der Waals surface area contributed by atoms with Gasteiger partial charge in [0.05, 0.1) is 18.0 Å². The predicted molar refractivity (Wildman–Crippen MR) is 103 cm³/mol. The Balaban J connectivity index is 1.83. The first-order chi connectivity index (χ1) is 13.5. The van der Waals surface area contributed by atoms with Gasteiger partial charge in [-0.05, 0) is 32.0 Å². The third-order valence-electron chi connectivity index (χ3n) is 5.07. The van der Waals surface area contributed by atoms with Crippen LogP contribution in [0, 0.1) is 10.1 Å². The molecule has 4 rings (SSSR count). The van der Waals surface area contributed by atoms with Crippen LogP contribution in [0.25, 0.3) is 0 Å². The summed E-state index contributed by atoms with van der Waals surface area (Å²) in [5, 5.41) is 17.1. The average molecular weight is 381 g/mol. The van der Waals surface area contributed by atoms with Gasteiger partial charge in [-0.2, -0.15) is 10.1 Å². The molecule has 0 unspecified atom stereocenters. The Morgan fingerprint density at radius 2 is 2.00 bits per heavy atom. The summed E-state index contributed by atoms with van der Waals surface area (Å²) in [6, 6.07) is 14.2. The van der Waals surface area contributed by atoms with Crippen molar-refractivity contribution in [1.82, 2.24) is 0 Å². The van der Waals surface area contributed by atoms with E-state index >= 15 is 0 Å². The normalized spacial score (nSPS) is 22.8. The molecule has 8 heteroatoms. The molecule has 0 radical (unpaired) electrons. The van der Waals surface area contributed by atoms with Gasteiger partial charge in [0, 0.05) is 10.5 Å². The van der Waals surface area contributed by atoms with Gasteiger partial charge in [0.1, 0.15) is 5.92 Å². The first-order valence-corrected chi connectivity index (χ1v) is 9.00. The number of hydrazone groups is 1. The number of amides is 1. The molecule has 1 amide bonds. The molecule has 0 aromatic heterocycles. The van der Waals surface area contributed by atoms with Gasteiger partial charge < -0.3 is 9.47 Å². The fraction of sp³-hybridized carbons (Fsp3) is 0.300. The van der Waals surface area contributed by atoms with Crippen molar-refractivity contribution in [3.63, 3.8) is 0 Å². The summed E-state index contributed by atoms with van der Waals surface area (Å²) in [4.78, 5) is 24.5. The molecule has 0 fully saturated rings. The lowest BCUT2D eigenvalue weighted by Gasteiger charge is -2.27. The first-order valence-electron chi connectivity index (χ1n) is 9.00. The molecule has 0 aliphatic carbocycles. The number of nitrogens with zero attached hydrogens (tertiary/aromatic N) is 3. The molecule has 2 heterocycles. The van der Waals surface area contributed by atoms with Crippen molar-refractivity contribution < 1.29 is 19.2 Å². The van der Waals surface area contributed by atoms with Crippen molar-refractivity contribution in [3.8, 4) is 11.5 Å². The maximum Gasteiger partial charge on any atom is 0.298 e. The van der Waals surface area contributed by atoms with Crippen molar-refractivity contribution in [2.24, 2.45) is 5.10 Å². The molecule has 1 spiro atoms. The van der Waals surface area contributed by atoms with Gasteiger partial charge in [-0.25, -0.2) is 0 Å². The number of para-hydroxylation sites is 2. The van der Waals surface area contributed by atoms with E-state index in [1.54, 1.807) is 49.4 Å². The number of fused-ring (bicyclic) bond motifs is 1. The Morgan fingerprint density at radius 3 is 2.68 bits per heavy atom. The lowest BCUT2D eigenvalue weighted by Crippen LogP contribution is -2.54. The lowest BCUT2D eigenvalue weighted by molar-refractivity contribution is -0.484. The summed E-state index contributed by atoms with van der Waals surface area (Å²) in [7, 11) is 0. The maximum absolute atomic E-state index is 13.5. The molecule has 2 aliphatic heterocycles. The number of benzene rings is 2. The first kappa shape index (κ1) is 18.0. The number of hydrogen-bond donors (Lipinski definition) is 0. The van der Waals surface area contributed by atoms with Crippen LogP contribution in [-0.4, -0.2) is 35.3 Å². The fourth-order valence-electron chi connectivity index (χ4n) is 3.86. The Labute approximate surface area is 161 Å². The number of nitro groups is 1. The quantitative estimate of drug-likeness (QED) is 0.586. The third-order valence-corrected chi connectivity index (χ3v) is 5.07.